The zero-order valence-corrected chi connectivity index (χ0v) is 14.1. The average molecular weight is 356 g/mol. The van der Waals surface area contributed by atoms with Gasteiger partial charge in [0.15, 0.2) is 0 Å². The van der Waals surface area contributed by atoms with Gasteiger partial charge in [-0.1, -0.05) is 12.1 Å². The molecule has 1 aromatic heterocycles. The van der Waals surface area contributed by atoms with Gasteiger partial charge in [0, 0.05) is 31.7 Å². The molecule has 0 unspecified atom stereocenters. The summed E-state index contributed by atoms with van der Waals surface area (Å²) in [5.41, 5.74) is 1.33. The summed E-state index contributed by atoms with van der Waals surface area (Å²) in [6.07, 6.45) is 0. The lowest BCUT2D eigenvalue weighted by atomic mass is 10.2. The number of hydrogen-bond acceptors (Lipinski definition) is 5. The lowest BCUT2D eigenvalue weighted by Crippen LogP contribution is -2.46. The molecule has 1 saturated heterocycles. The summed E-state index contributed by atoms with van der Waals surface area (Å²) in [6, 6.07) is 12.8. The molecule has 2 heterocycles. The number of anilines is 1. The molecule has 0 spiro atoms. The largest absolute Gasteiger partial charge is 0.419 e. The summed E-state index contributed by atoms with van der Waals surface area (Å²) in [5.74, 6) is 0.400. The number of hydrogen-bond donors (Lipinski definition) is 0. The lowest BCUT2D eigenvalue weighted by Gasteiger charge is -2.35. The van der Waals surface area contributed by atoms with Gasteiger partial charge in [-0.2, -0.15) is 0 Å². The molecule has 0 saturated carbocycles. The van der Waals surface area contributed by atoms with E-state index >= 15 is 0 Å². The van der Waals surface area contributed by atoms with E-state index in [2.05, 4.69) is 15.1 Å². The zero-order valence-electron chi connectivity index (χ0n) is 14.1. The maximum Gasteiger partial charge on any atom is 0.247 e. The molecule has 7 heteroatoms. The van der Waals surface area contributed by atoms with Gasteiger partial charge >= 0.3 is 0 Å². The van der Waals surface area contributed by atoms with E-state index in [9.17, 15) is 8.78 Å². The number of halogens is 2. The fourth-order valence-electron chi connectivity index (χ4n) is 3.07. The summed E-state index contributed by atoms with van der Waals surface area (Å²) in [6.45, 7) is 3.57. The Labute approximate surface area is 149 Å². The van der Waals surface area contributed by atoms with Crippen molar-refractivity contribution >= 4 is 5.69 Å². The summed E-state index contributed by atoms with van der Waals surface area (Å²) >= 11 is 0. The number of nitrogens with zero attached hydrogens (tertiary/aromatic N) is 4. The first-order valence-electron chi connectivity index (χ1n) is 8.49. The van der Waals surface area contributed by atoms with Crippen molar-refractivity contribution in [1.29, 1.82) is 0 Å². The van der Waals surface area contributed by atoms with Crippen LogP contribution in [0.3, 0.4) is 0 Å². The van der Waals surface area contributed by atoms with Crippen LogP contribution in [-0.2, 0) is 6.54 Å². The van der Waals surface area contributed by atoms with Crippen LogP contribution in [0, 0.1) is 11.6 Å². The van der Waals surface area contributed by atoms with E-state index in [1.807, 2.05) is 11.0 Å². The summed E-state index contributed by atoms with van der Waals surface area (Å²) < 4.78 is 32.6. The molecule has 0 aliphatic carbocycles. The Morgan fingerprint density at radius 3 is 2.35 bits per heavy atom. The molecule has 1 aliphatic rings. The second kappa shape index (κ2) is 7.21. The quantitative estimate of drug-likeness (QED) is 0.717. The van der Waals surface area contributed by atoms with Crippen molar-refractivity contribution in [1.82, 2.24) is 15.1 Å². The molecule has 1 aliphatic heterocycles. The van der Waals surface area contributed by atoms with Gasteiger partial charge < -0.3 is 9.32 Å². The van der Waals surface area contributed by atoms with Crippen LogP contribution in [0.15, 0.2) is 52.9 Å². The van der Waals surface area contributed by atoms with E-state index in [0.29, 0.717) is 29.6 Å². The highest BCUT2D eigenvalue weighted by Gasteiger charge is 2.21. The van der Waals surface area contributed by atoms with Crippen LogP contribution >= 0.6 is 0 Å². The maximum absolute atomic E-state index is 13.9. The van der Waals surface area contributed by atoms with Crippen LogP contribution in [0.5, 0.6) is 0 Å². The molecule has 4 rings (SSSR count). The molecule has 0 atom stereocenters. The molecule has 2 aromatic carbocycles. The molecular formula is C19H18F2N4O. The average Bonchev–Trinajstić information content (AvgIpc) is 3.12. The van der Waals surface area contributed by atoms with Gasteiger partial charge in [0.1, 0.15) is 11.6 Å². The molecule has 0 radical (unpaired) electrons. The van der Waals surface area contributed by atoms with E-state index in [-0.39, 0.29) is 11.6 Å². The smallest absolute Gasteiger partial charge is 0.247 e. The fraction of sp³-hybridized carbons (Fsp3) is 0.263. The number of para-hydroxylation sites is 1. The van der Waals surface area contributed by atoms with Crippen LogP contribution in [0.4, 0.5) is 14.5 Å². The Kier molecular flexibility index (Phi) is 4.62. The van der Waals surface area contributed by atoms with Crippen molar-refractivity contribution in [2.45, 2.75) is 6.54 Å². The third-order valence-corrected chi connectivity index (χ3v) is 4.48. The first kappa shape index (κ1) is 16.7. The Morgan fingerprint density at radius 1 is 0.885 bits per heavy atom. The molecule has 3 aromatic rings. The van der Waals surface area contributed by atoms with E-state index in [1.165, 1.54) is 18.2 Å². The summed E-state index contributed by atoms with van der Waals surface area (Å²) in [7, 11) is 0. The van der Waals surface area contributed by atoms with Gasteiger partial charge in [0.05, 0.1) is 12.2 Å². The molecule has 1 fully saturated rings. The third-order valence-electron chi connectivity index (χ3n) is 4.48. The van der Waals surface area contributed by atoms with Gasteiger partial charge in [-0.3, -0.25) is 4.90 Å². The van der Waals surface area contributed by atoms with Crippen LogP contribution in [-0.4, -0.2) is 41.3 Å². The molecule has 134 valence electrons. The molecular weight excluding hydrogens is 338 g/mol. The molecule has 26 heavy (non-hydrogen) atoms. The van der Waals surface area contributed by atoms with Crippen LogP contribution in [0.1, 0.15) is 5.89 Å². The number of aromatic nitrogens is 2. The van der Waals surface area contributed by atoms with Crippen LogP contribution in [0.2, 0.25) is 0 Å². The van der Waals surface area contributed by atoms with Gasteiger partial charge in [0.25, 0.3) is 0 Å². The van der Waals surface area contributed by atoms with Gasteiger partial charge in [-0.05, 0) is 36.4 Å². The SMILES string of the molecule is Fc1ccc(-c2nnc(CN3CCN(c4ccccc4F)CC3)o2)cc1. The maximum atomic E-state index is 13.9. The first-order chi connectivity index (χ1) is 12.7. The lowest BCUT2D eigenvalue weighted by molar-refractivity contribution is 0.226. The van der Waals surface area contributed by atoms with Crippen molar-refractivity contribution in [3.8, 4) is 11.5 Å². The Morgan fingerprint density at radius 2 is 1.62 bits per heavy atom. The summed E-state index contributed by atoms with van der Waals surface area (Å²) in [5, 5.41) is 8.10. The van der Waals surface area contributed by atoms with Crippen LogP contribution in [0.25, 0.3) is 11.5 Å². The predicted molar refractivity (Wildman–Crippen MR) is 93.6 cm³/mol. The number of piperazine rings is 1. The minimum Gasteiger partial charge on any atom is -0.419 e. The topological polar surface area (TPSA) is 45.4 Å². The zero-order chi connectivity index (χ0) is 17.9. The van der Waals surface area contributed by atoms with Gasteiger partial charge in [-0.25, -0.2) is 8.78 Å². The van der Waals surface area contributed by atoms with Crippen LogP contribution < -0.4 is 4.90 Å². The van der Waals surface area contributed by atoms with Crippen molar-refractivity contribution < 1.29 is 13.2 Å². The van der Waals surface area contributed by atoms with E-state index < -0.39 is 0 Å². The highest BCUT2D eigenvalue weighted by Crippen LogP contribution is 2.22. The molecule has 0 amide bonds. The number of rotatable bonds is 4. The second-order valence-electron chi connectivity index (χ2n) is 6.22. The normalized spacial score (nSPS) is 15.4. The number of benzene rings is 2. The molecule has 5 nitrogen and oxygen atoms in total. The first-order valence-corrected chi connectivity index (χ1v) is 8.49. The van der Waals surface area contributed by atoms with Crippen molar-refractivity contribution in [3.05, 3.63) is 66.1 Å². The van der Waals surface area contributed by atoms with Crippen molar-refractivity contribution in [3.63, 3.8) is 0 Å². The van der Waals surface area contributed by atoms with Gasteiger partial charge in [-0.15, -0.1) is 10.2 Å². The molecule has 0 bridgehead atoms. The van der Waals surface area contributed by atoms with E-state index in [0.717, 1.165) is 26.2 Å². The Hall–Kier alpha value is -2.80. The molecule has 0 N–H and O–H groups in total. The monoisotopic (exact) mass is 356 g/mol. The fourth-order valence-corrected chi connectivity index (χ4v) is 3.07. The van der Waals surface area contributed by atoms with Gasteiger partial charge in [0.2, 0.25) is 11.8 Å². The second-order valence-corrected chi connectivity index (χ2v) is 6.22. The van der Waals surface area contributed by atoms with Crippen molar-refractivity contribution in [2.75, 3.05) is 31.1 Å². The third kappa shape index (κ3) is 3.57. The minimum atomic E-state index is -0.304. The predicted octanol–water partition coefficient (Wildman–Crippen LogP) is 3.34. The Balaban J connectivity index is 1.36. The highest BCUT2D eigenvalue weighted by atomic mass is 19.1. The van der Waals surface area contributed by atoms with Crippen molar-refractivity contribution in [2.24, 2.45) is 0 Å². The highest BCUT2D eigenvalue weighted by molar-refractivity contribution is 5.52. The van der Waals surface area contributed by atoms with E-state index in [1.54, 1.807) is 24.3 Å². The standard InChI is InChI=1S/C19H18F2N4O/c20-15-7-5-14(6-8-15)19-23-22-18(26-19)13-24-9-11-25(12-10-24)17-4-2-1-3-16(17)21/h1-8H,9-13H2. The van der Waals surface area contributed by atoms with E-state index in [4.69, 9.17) is 4.42 Å². The Bertz CT molecular complexity index is 873. The summed E-state index contributed by atoms with van der Waals surface area (Å²) in [4.78, 5) is 4.24. The minimum absolute atomic E-state index is 0.193.